The van der Waals surface area contributed by atoms with Crippen LogP contribution >= 0.6 is 0 Å². The van der Waals surface area contributed by atoms with Crippen LogP contribution in [0.3, 0.4) is 0 Å². The number of anilines is 2. The van der Waals surface area contributed by atoms with Gasteiger partial charge in [-0.05, 0) is 37.8 Å². The molecule has 0 radical (unpaired) electrons. The largest absolute Gasteiger partial charge is 0.384 e. The van der Waals surface area contributed by atoms with E-state index in [1.165, 1.54) is 19.3 Å². The van der Waals surface area contributed by atoms with Crippen LogP contribution in [0, 0.1) is 5.92 Å². The Morgan fingerprint density at radius 3 is 2.79 bits per heavy atom. The number of hydrogen-bond acceptors (Lipinski definition) is 3. The van der Waals surface area contributed by atoms with Crippen LogP contribution in [0.5, 0.6) is 0 Å². The van der Waals surface area contributed by atoms with Crippen LogP contribution in [0.2, 0.25) is 0 Å². The van der Waals surface area contributed by atoms with Crippen molar-refractivity contribution in [3.05, 3.63) is 18.3 Å². The van der Waals surface area contributed by atoms with Crippen molar-refractivity contribution in [2.75, 3.05) is 11.1 Å². The quantitative estimate of drug-likeness (QED) is 0.770. The Morgan fingerprint density at radius 1 is 1.50 bits per heavy atom. The maximum absolute atomic E-state index is 5.52. The molecule has 1 aromatic rings. The summed E-state index contributed by atoms with van der Waals surface area (Å²) in [5, 5.41) is 3.45. The molecule has 1 heterocycles. The van der Waals surface area contributed by atoms with Crippen molar-refractivity contribution in [1.29, 1.82) is 0 Å². The van der Waals surface area contributed by atoms with E-state index >= 15 is 0 Å². The average Bonchev–Trinajstić information content (AvgIpc) is 2.06. The van der Waals surface area contributed by atoms with Gasteiger partial charge < -0.3 is 11.1 Å². The molecule has 0 aromatic carbocycles. The molecule has 3 nitrogen and oxygen atoms in total. The number of nitrogens with one attached hydrogen (secondary N) is 1. The topological polar surface area (TPSA) is 50.9 Å². The van der Waals surface area contributed by atoms with Crippen LogP contribution in [-0.4, -0.2) is 11.0 Å². The van der Waals surface area contributed by atoms with Crippen LogP contribution in [0.25, 0.3) is 0 Å². The summed E-state index contributed by atoms with van der Waals surface area (Å²) in [6, 6.07) is 4.36. The molecule has 1 aliphatic carbocycles. The van der Waals surface area contributed by atoms with E-state index in [1.54, 1.807) is 6.20 Å². The summed E-state index contributed by atoms with van der Waals surface area (Å²) in [6.45, 7) is 2.24. The van der Waals surface area contributed by atoms with Crippen molar-refractivity contribution < 1.29 is 0 Å². The third-order valence-electron chi connectivity index (χ3n) is 3.04. The summed E-state index contributed by atoms with van der Waals surface area (Å²) < 4.78 is 0. The van der Waals surface area contributed by atoms with Gasteiger partial charge in [0, 0.05) is 6.04 Å². The predicted molar refractivity (Wildman–Crippen MR) is 59.1 cm³/mol. The maximum Gasteiger partial charge on any atom is 0.123 e. The molecule has 1 aliphatic rings. The van der Waals surface area contributed by atoms with E-state index in [1.807, 2.05) is 12.1 Å². The molecule has 1 fully saturated rings. The average molecular weight is 191 g/mol. The lowest BCUT2D eigenvalue weighted by Gasteiger charge is -2.32. The molecule has 3 N–H and O–H groups in total. The molecule has 1 aromatic heterocycles. The summed E-state index contributed by atoms with van der Waals surface area (Å²) >= 11 is 0. The highest BCUT2D eigenvalue weighted by molar-refractivity contribution is 5.46. The molecule has 0 aliphatic heterocycles. The molecular formula is C11H17N3. The van der Waals surface area contributed by atoms with Crippen molar-refractivity contribution in [2.24, 2.45) is 5.92 Å². The molecule has 0 saturated heterocycles. The van der Waals surface area contributed by atoms with Gasteiger partial charge in [-0.25, -0.2) is 4.98 Å². The minimum Gasteiger partial charge on any atom is -0.384 e. The maximum atomic E-state index is 5.52. The second kappa shape index (κ2) is 3.86. The first kappa shape index (κ1) is 9.31. The van der Waals surface area contributed by atoms with Gasteiger partial charge in [0.2, 0.25) is 0 Å². The fourth-order valence-corrected chi connectivity index (χ4v) is 1.81. The molecule has 2 rings (SSSR count). The SMILES string of the molecule is CC(Nc1ccc(N)nc1)C1CCC1. The zero-order valence-electron chi connectivity index (χ0n) is 8.53. The highest BCUT2D eigenvalue weighted by Crippen LogP contribution is 2.30. The number of nitrogen functional groups attached to an aromatic ring is 1. The Bertz CT molecular complexity index is 290. The van der Waals surface area contributed by atoms with E-state index < -0.39 is 0 Å². The fraction of sp³-hybridized carbons (Fsp3) is 0.545. The first-order valence-corrected chi connectivity index (χ1v) is 5.24. The molecule has 3 heteroatoms. The number of nitrogens with two attached hydrogens (primary N) is 1. The molecule has 14 heavy (non-hydrogen) atoms. The first-order chi connectivity index (χ1) is 6.75. The van der Waals surface area contributed by atoms with E-state index in [4.69, 9.17) is 5.73 Å². The van der Waals surface area contributed by atoms with E-state index in [9.17, 15) is 0 Å². The Labute approximate surface area is 84.7 Å². The van der Waals surface area contributed by atoms with E-state index in [0.717, 1.165) is 11.6 Å². The summed E-state index contributed by atoms with van der Waals surface area (Å²) in [5.41, 5.74) is 6.58. The second-order valence-corrected chi connectivity index (χ2v) is 4.10. The van der Waals surface area contributed by atoms with Crippen LogP contribution < -0.4 is 11.1 Å². The zero-order valence-corrected chi connectivity index (χ0v) is 8.53. The van der Waals surface area contributed by atoms with Gasteiger partial charge in [-0.3, -0.25) is 0 Å². The number of nitrogens with zero attached hydrogens (tertiary/aromatic N) is 1. The Hall–Kier alpha value is -1.25. The van der Waals surface area contributed by atoms with Gasteiger partial charge >= 0.3 is 0 Å². The van der Waals surface area contributed by atoms with Gasteiger partial charge in [-0.1, -0.05) is 6.42 Å². The first-order valence-electron chi connectivity index (χ1n) is 5.24. The van der Waals surface area contributed by atoms with Crippen molar-refractivity contribution in [1.82, 2.24) is 4.98 Å². The third kappa shape index (κ3) is 1.97. The number of aromatic nitrogens is 1. The normalized spacial score (nSPS) is 18.6. The molecule has 0 bridgehead atoms. The van der Waals surface area contributed by atoms with Gasteiger partial charge in [-0.2, -0.15) is 0 Å². The lowest BCUT2D eigenvalue weighted by atomic mass is 9.80. The van der Waals surface area contributed by atoms with E-state index in [0.29, 0.717) is 11.9 Å². The molecule has 1 unspecified atom stereocenters. The number of pyridine rings is 1. The molecule has 1 atom stereocenters. The number of hydrogen-bond donors (Lipinski definition) is 2. The second-order valence-electron chi connectivity index (χ2n) is 4.10. The van der Waals surface area contributed by atoms with Crippen molar-refractivity contribution in [3.8, 4) is 0 Å². The highest BCUT2D eigenvalue weighted by Gasteiger charge is 2.23. The van der Waals surface area contributed by atoms with E-state index in [-0.39, 0.29) is 0 Å². The minimum atomic E-state index is 0.550. The lowest BCUT2D eigenvalue weighted by Crippen LogP contribution is -2.30. The minimum absolute atomic E-state index is 0.550. The van der Waals surface area contributed by atoms with Crippen molar-refractivity contribution in [3.63, 3.8) is 0 Å². The Kier molecular flexibility index (Phi) is 2.57. The van der Waals surface area contributed by atoms with Crippen molar-refractivity contribution in [2.45, 2.75) is 32.2 Å². The van der Waals surface area contributed by atoms with Gasteiger partial charge in [0.25, 0.3) is 0 Å². The molecule has 0 spiro atoms. The van der Waals surface area contributed by atoms with Gasteiger partial charge in [0.1, 0.15) is 5.82 Å². The number of rotatable bonds is 3. The standard InChI is InChI=1S/C11H17N3/c1-8(9-3-2-4-9)14-10-5-6-11(12)13-7-10/h5-9,14H,2-4H2,1H3,(H2,12,13). The van der Waals surface area contributed by atoms with Crippen molar-refractivity contribution >= 4 is 11.5 Å². The zero-order chi connectivity index (χ0) is 9.97. The highest BCUT2D eigenvalue weighted by atomic mass is 14.9. The summed E-state index contributed by atoms with van der Waals surface area (Å²) in [4.78, 5) is 4.05. The summed E-state index contributed by atoms with van der Waals surface area (Å²) in [5.74, 6) is 1.42. The van der Waals surface area contributed by atoms with Gasteiger partial charge in [-0.15, -0.1) is 0 Å². The van der Waals surface area contributed by atoms with Crippen LogP contribution in [-0.2, 0) is 0 Å². The summed E-state index contributed by atoms with van der Waals surface area (Å²) in [7, 11) is 0. The molecule has 1 saturated carbocycles. The predicted octanol–water partition coefficient (Wildman–Crippen LogP) is 2.26. The molecular weight excluding hydrogens is 174 g/mol. The van der Waals surface area contributed by atoms with Gasteiger partial charge in [0.15, 0.2) is 0 Å². The molecule has 76 valence electrons. The smallest absolute Gasteiger partial charge is 0.123 e. The van der Waals surface area contributed by atoms with E-state index in [2.05, 4.69) is 17.2 Å². The Morgan fingerprint density at radius 2 is 2.29 bits per heavy atom. The summed E-state index contributed by atoms with van der Waals surface area (Å²) in [6.07, 6.45) is 5.90. The fourth-order valence-electron chi connectivity index (χ4n) is 1.81. The van der Waals surface area contributed by atoms with Crippen LogP contribution in [0.4, 0.5) is 11.5 Å². The monoisotopic (exact) mass is 191 g/mol. The Balaban J connectivity index is 1.92. The van der Waals surface area contributed by atoms with Gasteiger partial charge in [0.05, 0.1) is 11.9 Å². The lowest BCUT2D eigenvalue weighted by molar-refractivity contribution is 0.285. The van der Waals surface area contributed by atoms with Crippen LogP contribution in [0.15, 0.2) is 18.3 Å². The molecule has 0 amide bonds. The van der Waals surface area contributed by atoms with Crippen LogP contribution in [0.1, 0.15) is 26.2 Å². The third-order valence-corrected chi connectivity index (χ3v) is 3.04.